The Morgan fingerprint density at radius 3 is 2.26 bits per heavy atom. The van der Waals surface area contributed by atoms with E-state index < -0.39 is 5.97 Å². The van der Waals surface area contributed by atoms with Crippen LogP contribution in [0.1, 0.15) is 11.1 Å². The van der Waals surface area contributed by atoms with Crippen LogP contribution in [0.5, 0.6) is 23.0 Å². The number of cyclic esters (lactones) is 1. The van der Waals surface area contributed by atoms with Gasteiger partial charge in [-0.15, -0.1) is 0 Å². The van der Waals surface area contributed by atoms with Crippen LogP contribution in [0.15, 0.2) is 42.0 Å². The number of ether oxygens (including phenoxy) is 1. The molecule has 4 N–H and O–H groups in total. The maximum Gasteiger partial charge on any atom is 0.339 e. The molecule has 0 aromatic heterocycles. The molecule has 2 aromatic rings. The van der Waals surface area contributed by atoms with Gasteiger partial charge in [-0.3, -0.25) is 0 Å². The van der Waals surface area contributed by atoms with E-state index in [-0.39, 0.29) is 29.6 Å². The Labute approximate surface area is 131 Å². The highest BCUT2D eigenvalue weighted by molar-refractivity contribution is 6.19. The molecule has 23 heavy (non-hydrogen) atoms. The van der Waals surface area contributed by atoms with Gasteiger partial charge in [-0.2, -0.15) is 0 Å². The number of rotatable bonds is 3. The Morgan fingerprint density at radius 2 is 1.61 bits per heavy atom. The third-order valence-electron chi connectivity index (χ3n) is 3.58. The lowest BCUT2D eigenvalue weighted by molar-refractivity contribution is -0.134. The van der Waals surface area contributed by atoms with Crippen molar-refractivity contribution < 1.29 is 30.0 Å². The van der Waals surface area contributed by atoms with E-state index in [9.17, 15) is 25.2 Å². The van der Waals surface area contributed by atoms with Gasteiger partial charge < -0.3 is 25.2 Å². The van der Waals surface area contributed by atoms with Gasteiger partial charge in [-0.05, 0) is 47.4 Å². The van der Waals surface area contributed by atoms with Crippen molar-refractivity contribution in [1.82, 2.24) is 0 Å². The van der Waals surface area contributed by atoms with Gasteiger partial charge in [0.05, 0.1) is 5.57 Å². The molecule has 0 saturated heterocycles. The van der Waals surface area contributed by atoms with Crippen LogP contribution in [0.3, 0.4) is 0 Å². The summed E-state index contributed by atoms with van der Waals surface area (Å²) in [5.41, 5.74) is 2.02. The van der Waals surface area contributed by atoms with Crippen LogP contribution in [-0.4, -0.2) is 33.0 Å². The lowest BCUT2D eigenvalue weighted by Crippen LogP contribution is -1.98. The molecule has 2 aromatic carbocycles. The quantitative estimate of drug-likeness (QED) is 0.510. The normalized spacial score (nSPS) is 14.2. The zero-order chi connectivity index (χ0) is 16.6. The predicted octanol–water partition coefficient (Wildman–Crippen LogP) is 2.06. The predicted molar refractivity (Wildman–Crippen MR) is 81.1 cm³/mol. The third kappa shape index (κ3) is 2.91. The fourth-order valence-corrected chi connectivity index (χ4v) is 2.59. The number of carbonyl (C=O) groups excluding carboxylic acids is 1. The summed E-state index contributed by atoms with van der Waals surface area (Å²) >= 11 is 0. The first-order chi connectivity index (χ1) is 10.9. The molecule has 0 spiro atoms. The van der Waals surface area contributed by atoms with Crippen molar-refractivity contribution in [2.75, 3.05) is 6.61 Å². The summed E-state index contributed by atoms with van der Waals surface area (Å²) in [6.07, 6.45) is 0.296. The van der Waals surface area contributed by atoms with Crippen molar-refractivity contribution in [3.8, 4) is 23.0 Å². The molecular formula is C17H14O6. The molecule has 0 radical (unpaired) electrons. The lowest BCUT2D eigenvalue weighted by atomic mass is 9.96. The van der Waals surface area contributed by atoms with Crippen molar-refractivity contribution in [2.24, 2.45) is 0 Å². The third-order valence-corrected chi connectivity index (χ3v) is 3.58. The van der Waals surface area contributed by atoms with Gasteiger partial charge in [0.15, 0.2) is 11.5 Å². The van der Waals surface area contributed by atoms with E-state index in [4.69, 9.17) is 4.74 Å². The SMILES string of the molecule is O=C1OCC(Cc2cc(O)cc(O)c2)=C1c1ccc(O)c(O)c1. The number of esters is 1. The van der Waals surface area contributed by atoms with E-state index >= 15 is 0 Å². The number of phenols is 4. The summed E-state index contributed by atoms with van der Waals surface area (Å²) in [5, 5.41) is 38.1. The molecular weight excluding hydrogens is 300 g/mol. The minimum atomic E-state index is -0.519. The molecule has 0 aliphatic carbocycles. The summed E-state index contributed by atoms with van der Waals surface area (Å²) in [5.74, 6) is -1.27. The van der Waals surface area contributed by atoms with Crippen molar-refractivity contribution in [3.63, 3.8) is 0 Å². The molecule has 0 amide bonds. The zero-order valence-corrected chi connectivity index (χ0v) is 12.0. The molecule has 1 heterocycles. The Kier molecular flexibility index (Phi) is 3.57. The van der Waals surface area contributed by atoms with Crippen molar-refractivity contribution in [2.45, 2.75) is 6.42 Å². The van der Waals surface area contributed by atoms with Crippen LogP contribution >= 0.6 is 0 Å². The molecule has 0 unspecified atom stereocenters. The number of hydrogen-bond acceptors (Lipinski definition) is 6. The Hall–Kier alpha value is -3.15. The highest BCUT2D eigenvalue weighted by Crippen LogP contribution is 2.34. The van der Waals surface area contributed by atoms with Gasteiger partial charge in [0.25, 0.3) is 0 Å². The highest BCUT2D eigenvalue weighted by atomic mass is 16.5. The van der Waals surface area contributed by atoms with Gasteiger partial charge in [-0.25, -0.2) is 4.79 Å². The minimum absolute atomic E-state index is 0.0744. The van der Waals surface area contributed by atoms with E-state index in [0.717, 1.165) is 0 Å². The summed E-state index contributed by atoms with van der Waals surface area (Å²) in [6, 6.07) is 8.28. The number of benzene rings is 2. The largest absolute Gasteiger partial charge is 0.508 e. The monoisotopic (exact) mass is 314 g/mol. The molecule has 0 bridgehead atoms. The van der Waals surface area contributed by atoms with Gasteiger partial charge >= 0.3 is 5.97 Å². The second kappa shape index (κ2) is 5.57. The molecule has 3 rings (SSSR count). The topological polar surface area (TPSA) is 107 Å². The second-order valence-corrected chi connectivity index (χ2v) is 5.29. The van der Waals surface area contributed by atoms with Gasteiger partial charge in [0.1, 0.15) is 18.1 Å². The molecule has 1 aliphatic heterocycles. The maximum absolute atomic E-state index is 12.0. The molecule has 1 aliphatic rings. The van der Waals surface area contributed by atoms with E-state index in [0.29, 0.717) is 28.7 Å². The minimum Gasteiger partial charge on any atom is -0.508 e. The lowest BCUT2D eigenvalue weighted by Gasteiger charge is -2.07. The number of phenolic OH excluding ortho intramolecular Hbond substituents is 4. The summed E-state index contributed by atoms with van der Waals surface area (Å²) in [6.45, 7) is 0.0895. The van der Waals surface area contributed by atoms with Crippen molar-refractivity contribution >= 4 is 11.5 Å². The van der Waals surface area contributed by atoms with E-state index in [1.807, 2.05) is 0 Å². The standard InChI is InChI=1S/C17H14O6/c18-12-4-9(5-13(19)7-12)3-11-8-23-17(22)16(11)10-1-2-14(20)15(21)6-10/h1-2,4-7,18-21H,3,8H2. The molecule has 6 heteroatoms. The second-order valence-electron chi connectivity index (χ2n) is 5.29. The first-order valence-corrected chi connectivity index (χ1v) is 6.87. The van der Waals surface area contributed by atoms with Crippen LogP contribution in [0, 0.1) is 0 Å². The molecule has 118 valence electrons. The van der Waals surface area contributed by atoms with Gasteiger partial charge in [0, 0.05) is 6.07 Å². The van der Waals surface area contributed by atoms with E-state index in [2.05, 4.69) is 0 Å². The first-order valence-electron chi connectivity index (χ1n) is 6.87. The fourth-order valence-electron chi connectivity index (χ4n) is 2.59. The Bertz CT molecular complexity index is 802. The number of carbonyl (C=O) groups is 1. The van der Waals surface area contributed by atoms with Gasteiger partial charge in [0.2, 0.25) is 0 Å². The van der Waals surface area contributed by atoms with E-state index in [1.165, 1.54) is 36.4 Å². The highest BCUT2D eigenvalue weighted by Gasteiger charge is 2.27. The van der Waals surface area contributed by atoms with E-state index in [1.54, 1.807) is 0 Å². The molecule has 0 atom stereocenters. The fraction of sp³-hybridized carbons (Fsp3) is 0.118. The van der Waals surface area contributed by atoms with Crippen LogP contribution in [0.25, 0.3) is 5.57 Å². The van der Waals surface area contributed by atoms with Gasteiger partial charge in [-0.1, -0.05) is 6.07 Å². The first kappa shape index (κ1) is 14.8. The summed E-state index contributed by atoms with van der Waals surface area (Å²) in [7, 11) is 0. The summed E-state index contributed by atoms with van der Waals surface area (Å²) < 4.78 is 5.05. The zero-order valence-electron chi connectivity index (χ0n) is 12.0. The number of hydrogen-bond donors (Lipinski definition) is 4. The average molecular weight is 314 g/mol. The maximum atomic E-state index is 12.0. The van der Waals surface area contributed by atoms with Crippen molar-refractivity contribution in [1.29, 1.82) is 0 Å². The molecule has 0 saturated carbocycles. The van der Waals surface area contributed by atoms with Crippen LogP contribution < -0.4 is 0 Å². The number of aromatic hydroxyl groups is 4. The Balaban J connectivity index is 2.01. The van der Waals surface area contributed by atoms with Crippen LogP contribution in [0.2, 0.25) is 0 Å². The average Bonchev–Trinajstić information content (AvgIpc) is 2.82. The Morgan fingerprint density at radius 1 is 0.913 bits per heavy atom. The van der Waals surface area contributed by atoms with Crippen LogP contribution in [0.4, 0.5) is 0 Å². The molecule has 0 fully saturated rings. The smallest absolute Gasteiger partial charge is 0.339 e. The molecule has 6 nitrogen and oxygen atoms in total. The summed E-state index contributed by atoms with van der Waals surface area (Å²) in [4.78, 5) is 12.0. The van der Waals surface area contributed by atoms with Crippen LogP contribution in [-0.2, 0) is 16.0 Å². The van der Waals surface area contributed by atoms with Crippen molar-refractivity contribution in [3.05, 3.63) is 53.1 Å².